The maximum atomic E-state index is 14.1. The number of amides is 2. The van der Waals surface area contributed by atoms with Gasteiger partial charge in [-0.15, -0.1) is 0 Å². The van der Waals surface area contributed by atoms with Crippen molar-refractivity contribution in [3.63, 3.8) is 0 Å². The summed E-state index contributed by atoms with van der Waals surface area (Å²) in [7, 11) is 0. The molecule has 8 heteroatoms. The van der Waals surface area contributed by atoms with E-state index in [1.165, 1.54) is 0 Å². The van der Waals surface area contributed by atoms with Gasteiger partial charge in [-0.25, -0.2) is 4.99 Å². The van der Waals surface area contributed by atoms with Gasteiger partial charge in [0.1, 0.15) is 5.84 Å². The van der Waals surface area contributed by atoms with E-state index in [1.54, 1.807) is 67.6 Å². The second kappa shape index (κ2) is 8.06. The Bertz CT molecular complexity index is 914. The van der Waals surface area contributed by atoms with Crippen LogP contribution in [0.25, 0.3) is 0 Å². The van der Waals surface area contributed by atoms with E-state index >= 15 is 0 Å². The molecular weight excluding hydrogens is 383 g/mol. The summed E-state index contributed by atoms with van der Waals surface area (Å²) in [6.45, 7) is 1.80. The molecule has 1 heterocycles. The number of carbonyl (C=O) groups is 2. The number of benzene rings is 2. The second-order valence-corrected chi connectivity index (χ2v) is 6.68. The minimum absolute atomic E-state index is 0.0545. The molecule has 0 fully saturated rings. The van der Waals surface area contributed by atoms with Crippen molar-refractivity contribution in [2.24, 2.45) is 4.99 Å². The topological polar surface area (TPSA) is 61.8 Å². The monoisotopic (exact) mass is 403 g/mol. The van der Waals surface area contributed by atoms with Gasteiger partial charge in [0.25, 0.3) is 5.91 Å². The van der Waals surface area contributed by atoms with Crippen molar-refractivity contribution >= 4 is 17.6 Å². The van der Waals surface area contributed by atoms with Gasteiger partial charge in [0.05, 0.1) is 6.42 Å². The molecule has 0 aliphatic carbocycles. The van der Waals surface area contributed by atoms with Gasteiger partial charge in [-0.3, -0.25) is 14.5 Å². The highest BCUT2D eigenvalue weighted by molar-refractivity contribution is 6.16. The van der Waals surface area contributed by atoms with Crippen LogP contribution in [-0.2, 0) is 16.0 Å². The predicted octanol–water partition coefficient (Wildman–Crippen LogP) is 3.30. The first-order valence-corrected chi connectivity index (χ1v) is 9.17. The third-order valence-corrected chi connectivity index (χ3v) is 4.50. The normalized spacial score (nSPS) is 19.2. The molecule has 0 aromatic heterocycles. The first-order chi connectivity index (χ1) is 13.8. The number of aliphatic imine (C=N–C) groups is 1. The lowest BCUT2D eigenvalue weighted by atomic mass is 10.1. The molecule has 1 N–H and O–H groups in total. The van der Waals surface area contributed by atoms with Crippen LogP contribution in [0.3, 0.4) is 0 Å². The van der Waals surface area contributed by atoms with Crippen molar-refractivity contribution in [3.05, 3.63) is 71.8 Å². The first-order valence-electron chi connectivity index (χ1n) is 9.17. The zero-order valence-electron chi connectivity index (χ0n) is 15.7. The Morgan fingerprint density at radius 2 is 1.66 bits per heavy atom. The van der Waals surface area contributed by atoms with Crippen molar-refractivity contribution in [2.45, 2.75) is 31.6 Å². The van der Waals surface area contributed by atoms with Crippen molar-refractivity contribution in [3.8, 4) is 0 Å². The number of hydrogen-bond acceptors (Lipinski definition) is 3. The average molecular weight is 403 g/mol. The molecule has 0 spiro atoms. The first kappa shape index (κ1) is 20.6. The molecule has 0 saturated heterocycles. The number of carbonyl (C=O) groups excluding carboxylic acids is 2. The molecule has 0 bridgehead atoms. The van der Waals surface area contributed by atoms with Crippen LogP contribution in [0.1, 0.15) is 24.5 Å². The van der Waals surface area contributed by atoms with E-state index in [9.17, 15) is 22.8 Å². The van der Waals surface area contributed by atoms with Crippen molar-refractivity contribution in [1.29, 1.82) is 0 Å². The third-order valence-electron chi connectivity index (χ3n) is 4.50. The third kappa shape index (κ3) is 4.01. The Kier molecular flexibility index (Phi) is 5.72. The molecule has 5 nitrogen and oxygen atoms in total. The van der Waals surface area contributed by atoms with Gasteiger partial charge in [0.2, 0.25) is 5.91 Å². The van der Waals surface area contributed by atoms with Crippen LogP contribution < -0.4 is 5.32 Å². The molecule has 3 rings (SSSR count). The molecule has 1 aliphatic heterocycles. The zero-order valence-corrected chi connectivity index (χ0v) is 15.7. The highest BCUT2D eigenvalue weighted by atomic mass is 19.4. The van der Waals surface area contributed by atoms with E-state index in [-0.39, 0.29) is 18.8 Å². The summed E-state index contributed by atoms with van der Waals surface area (Å²) in [6.07, 6.45) is -4.96. The predicted molar refractivity (Wildman–Crippen MR) is 102 cm³/mol. The molecule has 2 amide bonds. The number of nitrogens with zero attached hydrogens (tertiary/aromatic N) is 2. The van der Waals surface area contributed by atoms with Gasteiger partial charge in [-0.05, 0) is 12.0 Å². The summed E-state index contributed by atoms with van der Waals surface area (Å²) in [5, 5.41) is 1.88. The van der Waals surface area contributed by atoms with Crippen LogP contribution in [0.5, 0.6) is 0 Å². The van der Waals surface area contributed by atoms with E-state index in [0.717, 1.165) is 4.90 Å². The van der Waals surface area contributed by atoms with E-state index in [0.29, 0.717) is 17.5 Å². The van der Waals surface area contributed by atoms with Gasteiger partial charge >= 0.3 is 11.8 Å². The number of alkyl halides is 3. The fourth-order valence-corrected chi connectivity index (χ4v) is 3.16. The summed E-state index contributed by atoms with van der Waals surface area (Å²) >= 11 is 0. The fraction of sp³-hybridized carbons (Fsp3) is 0.286. The number of halogens is 3. The molecule has 2 aromatic carbocycles. The quantitative estimate of drug-likeness (QED) is 0.805. The molecule has 1 atom stereocenters. The molecule has 152 valence electrons. The van der Waals surface area contributed by atoms with E-state index in [2.05, 4.69) is 4.99 Å². The summed E-state index contributed by atoms with van der Waals surface area (Å²) in [5.74, 6) is -2.33. The highest BCUT2D eigenvalue weighted by Crippen LogP contribution is 2.38. The minimum atomic E-state index is -5.10. The Hall–Kier alpha value is -3.16. The Morgan fingerprint density at radius 3 is 2.21 bits per heavy atom. The van der Waals surface area contributed by atoms with E-state index in [1.807, 2.05) is 5.32 Å². The minimum Gasteiger partial charge on any atom is -0.316 e. The lowest BCUT2D eigenvalue weighted by molar-refractivity contribution is -0.200. The lowest BCUT2D eigenvalue weighted by Crippen LogP contribution is -2.63. The largest absolute Gasteiger partial charge is 0.442 e. The van der Waals surface area contributed by atoms with Crippen molar-refractivity contribution in [1.82, 2.24) is 10.2 Å². The Morgan fingerprint density at radius 1 is 1.07 bits per heavy atom. The van der Waals surface area contributed by atoms with Crippen molar-refractivity contribution in [2.75, 3.05) is 6.54 Å². The number of hydrogen-bond donors (Lipinski definition) is 1. The van der Waals surface area contributed by atoms with Crippen LogP contribution in [0.15, 0.2) is 65.7 Å². The smallest absolute Gasteiger partial charge is 0.316 e. The molecule has 1 aliphatic rings. The maximum absolute atomic E-state index is 14.1. The molecule has 2 aromatic rings. The van der Waals surface area contributed by atoms with Gasteiger partial charge in [-0.1, -0.05) is 67.6 Å². The van der Waals surface area contributed by atoms with Crippen LogP contribution >= 0.6 is 0 Å². The van der Waals surface area contributed by atoms with Crippen LogP contribution in [0.2, 0.25) is 0 Å². The molecular formula is C21H20F3N3O2. The molecule has 1 unspecified atom stereocenters. The average Bonchev–Trinajstić information content (AvgIpc) is 2.97. The maximum Gasteiger partial charge on any atom is 0.442 e. The van der Waals surface area contributed by atoms with Crippen LogP contribution in [-0.4, -0.2) is 40.9 Å². The fourth-order valence-electron chi connectivity index (χ4n) is 3.16. The van der Waals surface area contributed by atoms with Gasteiger partial charge in [0, 0.05) is 12.1 Å². The summed E-state index contributed by atoms with van der Waals surface area (Å²) in [6, 6.07) is 16.5. The standard InChI is InChI=1S/C21H20F3N3O2/c1-2-13-27-18(16-11-7-4-8-12-16)26-20(19(27)29,21(22,23)24)25-17(28)14-15-9-5-3-6-10-15/h3-12H,2,13-14H2,1H3,(H,25,28). The van der Waals surface area contributed by atoms with E-state index in [4.69, 9.17) is 0 Å². The van der Waals surface area contributed by atoms with Crippen LogP contribution in [0, 0.1) is 0 Å². The number of amidine groups is 1. The molecule has 0 radical (unpaired) electrons. The summed E-state index contributed by atoms with van der Waals surface area (Å²) < 4.78 is 42.3. The van der Waals surface area contributed by atoms with Crippen LogP contribution in [0.4, 0.5) is 13.2 Å². The van der Waals surface area contributed by atoms with E-state index < -0.39 is 23.7 Å². The van der Waals surface area contributed by atoms with Crippen molar-refractivity contribution < 1.29 is 22.8 Å². The SMILES string of the molecule is CCCN1C(=O)C(NC(=O)Cc2ccccc2)(C(F)(F)F)N=C1c1ccccc1. The second-order valence-electron chi connectivity index (χ2n) is 6.68. The Balaban J connectivity index is 2.00. The van der Waals surface area contributed by atoms with Gasteiger partial charge < -0.3 is 5.32 Å². The van der Waals surface area contributed by atoms with Gasteiger partial charge in [-0.2, -0.15) is 13.2 Å². The number of rotatable bonds is 6. The summed E-state index contributed by atoms with van der Waals surface area (Å²) in [4.78, 5) is 30.1. The zero-order chi connectivity index (χ0) is 21.1. The lowest BCUT2D eigenvalue weighted by Gasteiger charge is -2.29. The Labute approximate surface area is 166 Å². The highest BCUT2D eigenvalue weighted by Gasteiger charge is 2.67. The number of nitrogens with one attached hydrogen (secondary N) is 1. The van der Waals surface area contributed by atoms with Gasteiger partial charge in [0.15, 0.2) is 0 Å². The molecule has 29 heavy (non-hydrogen) atoms. The summed E-state index contributed by atoms with van der Waals surface area (Å²) in [5.41, 5.74) is -2.43. The molecule has 0 saturated carbocycles.